The molecule has 0 amide bonds. The number of nitrogens with zero attached hydrogens (tertiary/aromatic N) is 1. The summed E-state index contributed by atoms with van der Waals surface area (Å²) in [7, 11) is 0. The summed E-state index contributed by atoms with van der Waals surface area (Å²) in [6, 6.07) is 23.9. The van der Waals surface area contributed by atoms with Crippen molar-refractivity contribution in [2.75, 3.05) is 24.7 Å². The second-order valence-electron chi connectivity index (χ2n) is 7.52. The molecule has 0 fully saturated rings. The number of carbonyl (C=O) groups excluding carboxylic acids is 1. The van der Waals surface area contributed by atoms with Crippen molar-refractivity contribution in [1.29, 1.82) is 0 Å². The zero-order valence-electron chi connectivity index (χ0n) is 18.9. The molecule has 3 aromatic carbocycles. The zero-order chi connectivity index (χ0) is 23.0. The van der Waals surface area contributed by atoms with Crippen LogP contribution in [0.2, 0.25) is 0 Å². The zero-order valence-corrected chi connectivity index (χ0v) is 18.9. The lowest BCUT2D eigenvalue weighted by atomic mass is 10.1. The molecule has 1 unspecified atom stereocenters. The maximum atomic E-state index is 12.1. The van der Waals surface area contributed by atoms with Crippen LogP contribution in [0.25, 0.3) is 0 Å². The third kappa shape index (κ3) is 5.36. The summed E-state index contributed by atoms with van der Waals surface area (Å²) in [6.45, 7) is 5.00. The quantitative estimate of drug-likeness (QED) is 0.358. The van der Waals surface area contributed by atoms with Gasteiger partial charge in [-0.15, -0.1) is 0 Å². The van der Waals surface area contributed by atoms with Gasteiger partial charge < -0.3 is 19.1 Å². The molecular formula is C28H27NO4. The molecule has 5 nitrogen and oxygen atoms in total. The van der Waals surface area contributed by atoms with Crippen molar-refractivity contribution in [2.45, 2.75) is 26.4 Å². The Bertz CT molecular complexity index is 1110. The Labute approximate surface area is 194 Å². The van der Waals surface area contributed by atoms with Crippen molar-refractivity contribution in [1.82, 2.24) is 0 Å². The molecule has 5 heteroatoms. The number of carbonyl (C=O) groups is 1. The molecule has 4 rings (SSSR count). The maximum absolute atomic E-state index is 12.1. The summed E-state index contributed by atoms with van der Waals surface area (Å²) >= 11 is 0. The number of rotatable bonds is 7. The molecular weight excluding hydrogens is 414 g/mol. The highest BCUT2D eigenvalue weighted by molar-refractivity contribution is 5.78. The van der Waals surface area contributed by atoms with Crippen LogP contribution in [-0.2, 0) is 20.7 Å². The van der Waals surface area contributed by atoms with Gasteiger partial charge in [0.1, 0.15) is 0 Å². The van der Waals surface area contributed by atoms with Crippen LogP contribution < -0.4 is 9.64 Å². The molecule has 1 heterocycles. The van der Waals surface area contributed by atoms with Crippen molar-refractivity contribution in [3.8, 4) is 23.3 Å². The average Bonchev–Trinajstić information content (AvgIpc) is 2.84. The summed E-state index contributed by atoms with van der Waals surface area (Å²) in [5, 5.41) is 0. The van der Waals surface area contributed by atoms with Gasteiger partial charge >= 0.3 is 5.97 Å². The van der Waals surface area contributed by atoms with E-state index in [-0.39, 0.29) is 5.97 Å². The molecule has 0 saturated carbocycles. The van der Waals surface area contributed by atoms with Gasteiger partial charge in [0.2, 0.25) is 0 Å². The normalized spacial score (nSPS) is 12.5. The minimum absolute atomic E-state index is 0.325. The molecule has 33 heavy (non-hydrogen) atoms. The number of hydrogen-bond donors (Lipinski definition) is 0. The molecule has 0 aliphatic carbocycles. The van der Waals surface area contributed by atoms with E-state index in [0.29, 0.717) is 26.2 Å². The van der Waals surface area contributed by atoms with Crippen LogP contribution >= 0.6 is 0 Å². The number of fused-ring (bicyclic) bond motifs is 2. The van der Waals surface area contributed by atoms with Gasteiger partial charge in [-0.2, -0.15) is 0 Å². The van der Waals surface area contributed by atoms with Gasteiger partial charge in [0.05, 0.1) is 24.5 Å². The van der Waals surface area contributed by atoms with Gasteiger partial charge in [-0.3, -0.25) is 0 Å². The van der Waals surface area contributed by atoms with Crippen molar-refractivity contribution < 1.29 is 19.0 Å². The Hall–Kier alpha value is -3.75. The molecule has 1 aliphatic rings. The lowest BCUT2D eigenvalue weighted by Crippen LogP contribution is -2.28. The molecule has 1 aliphatic heterocycles. The lowest BCUT2D eigenvalue weighted by molar-refractivity contribution is -0.156. The maximum Gasteiger partial charge on any atom is 0.335 e. The van der Waals surface area contributed by atoms with E-state index < -0.39 is 6.10 Å². The Morgan fingerprint density at radius 3 is 2.15 bits per heavy atom. The van der Waals surface area contributed by atoms with Crippen molar-refractivity contribution >= 4 is 17.3 Å². The second-order valence-corrected chi connectivity index (χ2v) is 7.52. The van der Waals surface area contributed by atoms with E-state index >= 15 is 0 Å². The number of ether oxygens (including phenoxy) is 3. The number of benzene rings is 3. The fourth-order valence-corrected chi connectivity index (χ4v) is 3.76. The van der Waals surface area contributed by atoms with E-state index in [1.54, 1.807) is 6.92 Å². The number of para-hydroxylation sites is 4. The summed E-state index contributed by atoms with van der Waals surface area (Å²) in [5.41, 5.74) is 3.92. The minimum atomic E-state index is -0.589. The van der Waals surface area contributed by atoms with Crippen LogP contribution in [0, 0.1) is 11.8 Å². The first-order valence-electron chi connectivity index (χ1n) is 11.2. The summed E-state index contributed by atoms with van der Waals surface area (Å²) in [5.74, 6) is 7.87. The Kier molecular flexibility index (Phi) is 7.29. The topological polar surface area (TPSA) is 48.0 Å². The van der Waals surface area contributed by atoms with Gasteiger partial charge in [-0.25, -0.2) is 4.79 Å². The van der Waals surface area contributed by atoms with E-state index in [0.717, 1.165) is 34.0 Å². The number of hydrogen-bond acceptors (Lipinski definition) is 5. The summed E-state index contributed by atoms with van der Waals surface area (Å²) < 4.78 is 16.7. The first-order chi connectivity index (χ1) is 16.2. The molecule has 0 saturated heterocycles. The van der Waals surface area contributed by atoms with E-state index in [9.17, 15) is 4.79 Å². The first kappa shape index (κ1) is 22.4. The average molecular weight is 442 g/mol. The van der Waals surface area contributed by atoms with Crippen molar-refractivity contribution in [3.63, 3.8) is 0 Å². The highest BCUT2D eigenvalue weighted by Crippen LogP contribution is 2.45. The van der Waals surface area contributed by atoms with Gasteiger partial charge in [0.15, 0.2) is 17.6 Å². The van der Waals surface area contributed by atoms with Crippen LogP contribution in [0.3, 0.4) is 0 Å². The van der Waals surface area contributed by atoms with Crippen LogP contribution in [0.4, 0.5) is 11.4 Å². The molecule has 3 aromatic rings. The molecule has 0 bridgehead atoms. The Morgan fingerprint density at radius 1 is 0.909 bits per heavy atom. The monoisotopic (exact) mass is 441 g/mol. The van der Waals surface area contributed by atoms with E-state index in [4.69, 9.17) is 14.2 Å². The van der Waals surface area contributed by atoms with Crippen LogP contribution in [0.1, 0.15) is 25.0 Å². The Morgan fingerprint density at radius 2 is 1.55 bits per heavy atom. The van der Waals surface area contributed by atoms with E-state index in [1.165, 1.54) is 0 Å². The molecule has 0 N–H and O–H groups in total. The SMILES string of the molecule is CCOC(=O)C(Cc1ccc(C#CCN2c3ccccc3Oc3ccccc32)cc1)OCC. The van der Waals surface area contributed by atoms with Crippen LogP contribution in [0.5, 0.6) is 11.5 Å². The second kappa shape index (κ2) is 10.7. The van der Waals surface area contributed by atoms with Crippen molar-refractivity contribution in [2.24, 2.45) is 0 Å². The lowest BCUT2D eigenvalue weighted by Gasteiger charge is -2.31. The number of anilines is 2. The predicted octanol–water partition coefficient (Wildman–Crippen LogP) is 5.49. The largest absolute Gasteiger partial charge is 0.464 e. The third-order valence-corrected chi connectivity index (χ3v) is 5.29. The third-order valence-electron chi connectivity index (χ3n) is 5.29. The Balaban J connectivity index is 1.46. The van der Waals surface area contributed by atoms with Crippen LogP contribution in [-0.4, -0.2) is 31.8 Å². The van der Waals surface area contributed by atoms with Gasteiger partial charge in [-0.05, 0) is 55.8 Å². The molecule has 168 valence electrons. The van der Waals surface area contributed by atoms with E-state index in [2.05, 4.69) is 16.7 Å². The van der Waals surface area contributed by atoms with Gasteiger partial charge in [0, 0.05) is 18.6 Å². The highest BCUT2D eigenvalue weighted by atomic mass is 16.6. The molecule has 0 radical (unpaired) electrons. The highest BCUT2D eigenvalue weighted by Gasteiger charge is 2.23. The summed E-state index contributed by atoms with van der Waals surface area (Å²) in [6.07, 6.45) is -0.116. The smallest absolute Gasteiger partial charge is 0.335 e. The van der Waals surface area contributed by atoms with Crippen molar-refractivity contribution in [3.05, 3.63) is 83.9 Å². The fourth-order valence-electron chi connectivity index (χ4n) is 3.76. The predicted molar refractivity (Wildman–Crippen MR) is 129 cm³/mol. The molecule has 0 spiro atoms. The van der Waals surface area contributed by atoms with E-state index in [1.807, 2.05) is 79.7 Å². The minimum Gasteiger partial charge on any atom is -0.464 e. The van der Waals surface area contributed by atoms with Gasteiger partial charge in [-0.1, -0.05) is 48.2 Å². The molecule has 1 atom stereocenters. The molecule has 0 aromatic heterocycles. The standard InChI is InChI=1S/C28H27NO4/c1-3-31-27(28(30)32-4-2)20-22-17-15-21(16-18-22)10-9-19-29-23-11-5-7-13-25(23)33-26-14-8-6-12-24(26)29/h5-8,11-18,27H,3-4,19-20H2,1-2H3. The fraction of sp³-hybridized carbons (Fsp3) is 0.250. The van der Waals surface area contributed by atoms with Crippen LogP contribution in [0.15, 0.2) is 72.8 Å². The number of esters is 1. The van der Waals surface area contributed by atoms with Gasteiger partial charge in [0.25, 0.3) is 0 Å². The summed E-state index contributed by atoms with van der Waals surface area (Å²) in [4.78, 5) is 14.3. The first-order valence-corrected chi connectivity index (χ1v) is 11.2.